The number of rotatable bonds is 5. The van der Waals surface area contributed by atoms with Gasteiger partial charge in [-0.15, -0.1) is 0 Å². The van der Waals surface area contributed by atoms with Crippen LogP contribution in [0.4, 0.5) is 0 Å². The molecule has 2 N–H and O–H groups in total. The van der Waals surface area contributed by atoms with Gasteiger partial charge in [-0.3, -0.25) is 4.79 Å². The van der Waals surface area contributed by atoms with Gasteiger partial charge in [-0.1, -0.05) is 38.0 Å². The van der Waals surface area contributed by atoms with E-state index in [1.165, 1.54) is 18.9 Å². The third-order valence-electron chi connectivity index (χ3n) is 1.23. The Hall–Kier alpha value is -1.05. The fourth-order valence-corrected chi connectivity index (χ4v) is 0.647. The second kappa shape index (κ2) is 7.06. The number of carbonyl (C=O) groups excluding carboxylic acids is 1. The van der Waals surface area contributed by atoms with Gasteiger partial charge in [-0.25, -0.2) is 0 Å². The van der Waals surface area contributed by atoms with Gasteiger partial charge in [0.25, 0.3) is 0 Å². The van der Waals surface area contributed by atoms with E-state index in [-0.39, 0.29) is 0 Å². The average Bonchev–Trinajstić information content (AvgIpc) is 1.96. The van der Waals surface area contributed by atoms with E-state index in [1.54, 1.807) is 6.08 Å². The highest BCUT2D eigenvalue weighted by Gasteiger charge is 1.78. The number of unbranched alkanes of at least 4 members (excludes halogenated alkanes) is 2. The first-order valence-corrected chi connectivity index (χ1v) is 3.90. The van der Waals surface area contributed by atoms with E-state index in [1.807, 2.05) is 12.2 Å². The normalized spacial score (nSPS) is 11.4. The van der Waals surface area contributed by atoms with Gasteiger partial charge in [-0.05, 0) is 6.42 Å². The quantitative estimate of drug-likeness (QED) is 0.365. The third-order valence-corrected chi connectivity index (χ3v) is 1.23. The largest absolute Gasteiger partial charge is 0.366 e. The summed E-state index contributed by atoms with van der Waals surface area (Å²) in [6.07, 6.45) is 10.4. The van der Waals surface area contributed by atoms with E-state index < -0.39 is 5.91 Å². The Balaban J connectivity index is 3.36. The van der Waals surface area contributed by atoms with Gasteiger partial charge in [0.1, 0.15) is 0 Å². The second-order valence-electron chi connectivity index (χ2n) is 2.33. The van der Waals surface area contributed by atoms with E-state index in [9.17, 15) is 4.79 Å². The summed E-state index contributed by atoms with van der Waals surface area (Å²) in [4.78, 5) is 10.2. The van der Waals surface area contributed by atoms with Crippen LogP contribution in [0.3, 0.4) is 0 Å². The van der Waals surface area contributed by atoms with Gasteiger partial charge in [0.2, 0.25) is 5.91 Å². The number of amides is 1. The van der Waals surface area contributed by atoms with E-state index in [2.05, 4.69) is 6.92 Å². The molecule has 0 saturated heterocycles. The highest BCUT2D eigenvalue weighted by Crippen LogP contribution is 1.94. The van der Waals surface area contributed by atoms with Crippen LogP contribution in [0.2, 0.25) is 0 Å². The van der Waals surface area contributed by atoms with Crippen LogP contribution in [-0.2, 0) is 4.79 Å². The number of hydrogen-bond acceptors (Lipinski definition) is 1. The van der Waals surface area contributed by atoms with Crippen molar-refractivity contribution in [2.24, 2.45) is 5.73 Å². The second-order valence-corrected chi connectivity index (χ2v) is 2.33. The number of allylic oxidation sites excluding steroid dienone is 3. The maximum Gasteiger partial charge on any atom is 0.241 e. The van der Waals surface area contributed by atoms with Crippen molar-refractivity contribution in [2.75, 3.05) is 0 Å². The predicted molar refractivity (Wildman–Crippen MR) is 47.0 cm³/mol. The average molecular weight is 153 g/mol. The van der Waals surface area contributed by atoms with Crippen LogP contribution in [0.5, 0.6) is 0 Å². The Labute approximate surface area is 67.8 Å². The van der Waals surface area contributed by atoms with Gasteiger partial charge in [0.15, 0.2) is 0 Å². The summed E-state index contributed by atoms with van der Waals surface area (Å²) in [5.74, 6) is -0.398. The van der Waals surface area contributed by atoms with Crippen LogP contribution in [0.25, 0.3) is 0 Å². The lowest BCUT2D eigenvalue weighted by atomic mass is 10.2. The Bertz CT molecular complexity index is 159. The van der Waals surface area contributed by atoms with Crippen molar-refractivity contribution in [3.63, 3.8) is 0 Å². The molecule has 2 nitrogen and oxygen atoms in total. The van der Waals surface area contributed by atoms with Gasteiger partial charge >= 0.3 is 0 Å². The summed E-state index contributed by atoms with van der Waals surface area (Å²) in [5.41, 5.74) is 4.87. The molecule has 0 unspecified atom stereocenters. The minimum Gasteiger partial charge on any atom is -0.366 e. The van der Waals surface area contributed by atoms with Crippen molar-refractivity contribution >= 4 is 5.91 Å². The minimum absolute atomic E-state index is 0.398. The Kier molecular flexibility index (Phi) is 6.39. The van der Waals surface area contributed by atoms with Crippen LogP contribution >= 0.6 is 0 Å². The molecule has 0 saturated carbocycles. The van der Waals surface area contributed by atoms with Gasteiger partial charge in [0, 0.05) is 6.08 Å². The van der Waals surface area contributed by atoms with Crippen LogP contribution in [-0.4, -0.2) is 5.91 Å². The SMILES string of the molecule is CCCC/C=C\C=C\C(N)=O. The Morgan fingerprint density at radius 2 is 2.18 bits per heavy atom. The molecule has 0 rings (SSSR count). The smallest absolute Gasteiger partial charge is 0.241 e. The minimum atomic E-state index is -0.398. The molecule has 0 radical (unpaired) electrons. The number of primary amides is 1. The number of carbonyl (C=O) groups is 1. The molecule has 0 aliphatic rings. The molecule has 11 heavy (non-hydrogen) atoms. The van der Waals surface area contributed by atoms with Crippen molar-refractivity contribution in [1.29, 1.82) is 0 Å². The highest BCUT2D eigenvalue weighted by atomic mass is 16.1. The fraction of sp³-hybridized carbons (Fsp3) is 0.444. The lowest BCUT2D eigenvalue weighted by Crippen LogP contribution is -2.04. The Morgan fingerprint density at radius 3 is 2.73 bits per heavy atom. The van der Waals surface area contributed by atoms with E-state index in [0.29, 0.717) is 0 Å². The summed E-state index contributed by atoms with van der Waals surface area (Å²) >= 11 is 0. The summed E-state index contributed by atoms with van der Waals surface area (Å²) in [5, 5.41) is 0. The predicted octanol–water partition coefficient (Wildman–Crippen LogP) is 1.77. The molecule has 0 atom stereocenters. The molecule has 0 bridgehead atoms. The molecular weight excluding hydrogens is 138 g/mol. The van der Waals surface area contributed by atoms with E-state index in [0.717, 1.165) is 6.42 Å². The van der Waals surface area contributed by atoms with Gasteiger partial charge < -0.3 is 5.73 Å². The third kappa shape index (κ3) is 8.95. The first-order valence-electron chi connectivity index (χ1n) is 3.90. The number of hydrogen-bond donors (Lipinski definition) is 1. The van der Waals surface area contributed by atoms with E-state index in [4.69, 9.17) is 5.73 Å². The molecule has 0 aromatic heterocycles. The molecule has 0 aliphatic carbocycles. The zero-order valence-corrected chi connectivity index (χ0v) is 6.92. The lowest BCUT2D eigenvalue weighted by molar-refractivity contribution is -0.113. The summed E-state index contributed by atoms with van der Waals surface area (Å²) < 4.78 is 0. The molecule has 0 aromatic carbocycles. The van der Waals surface area contributed by atoms with Crippen LogP contribution in [0, 0.1) is 0 Å². The van der Waals surface area contributed by atoms with Crippen molar-refractivity contribution in [2.45, 2.75) is 26.2 Å². The monoisotopic (exact) mass is 153 g/mol. The maximum atomic E-state index is 10.2. The summed E-state index contributed by atoms with van der Waals surface area (Å²) in [6, 6.07) is 0. The van der Waals surface area contributed by atoms with Crippen molar-refractivity contribution in [1.82, 2.24) is 0 Å². The maximum absolute atomic E-state index is 10.2. The van der Waals surface area contributed by atoms with Gasteiger partial charge in [0.05, 0.1) is 0 Å². The summed E-state index contributed by atoms with van der Waals surface area (Å²) in [6.45, 7) is 2.15. The van der Waals surface area contributed by atoms with Crippen molar-refractivity contribution in [3.05, 3.63) is 24.3 Å². The van der Waals surface area contributed by atoms with Crippen LogP contribution < -0.4 is 5.73 Å². The molecule has 0 aromatic rings. The lowest BCUT2D eigenvalue weighted by Gasteiger charge is -1.85. The molecular formula is C9H15NO. The summed E-state index contributed by atoms with van der Waals surface area (Å²) in [7, 11) is 0. The van der Waals surface area contributed by atoms with Crippen LogP contribution in [0.1, 0.15) is 26.2 Å². The zero-order valence-electron chi connectivity index (χ0n) is 6.92. The zero-order chi connectivity index (χ0) is 8.53. The molecule has 0 heterocycles. The molecule has 1 amide bonds. The first kappa shape index (κ1) is 9.95. The fourth-order valence-electron chi connectivity index (χ4n) is 0.647. The van der Waals surface area contributed by atoms with E-state index >= 15 is 0 Å². The Morgan fingerprint density at radius 1 is 1.45 bits per heavy atom. The molecule has 0 fully saturated rings. The standard InChI is InChI=1S/C9H15NO/c1-2-3-4-5-6-7-8-9(10)11/h5-8H,2-4H2,1H3,(H2,10,11)/b6-5-,8-7+. The van der Waals surface area contributed by atoms with Gasteiger partial charge in [-0.2, -0.15) is 0 Å². The highest BCUT2D eigenvalue weighted by molar-refractivity contribution is 5.85. The molecule has 0 spiro atoms. The first-order chi connectivity index (χ1) is 5.27. The van der Waals surface area contributed by atoms with Crippen LogP contribution in [0.15, 0.2) is 24.3 Å². The van der Waals surface area contributed by atoms with Crippen molar-refractivity contribution in [3.8, 4) is 0 Å². The molecule has 62 valence electrons. The molecule has 2 heteroatoms. The molecule has 0 aliphatic heterocycles. The topological polar surface area (TPSA) is 43.1 Å². The number of nitrogens with two attached hydrogens (primary N) is 1. The van der Waals surface area contributed by atoms with Crippen molar-refractivity contribution < 1.29 is 4.79 Å².